The average Bonchev–Trinajstić information content (AvgIpc) is 2.41. The van der Waals surface area contributed by atoms with E-state index >= 15 is 0 Å². The van der Waals surface area contributed by atoms with Crippen LogP contribution in [-0.2, 0) is 48.2 Å². The molecule has 0 saturated carbocycles. The molecule has 6 nitrogen and oxygen atoms in total. The van der Waals surface area contributed by atoms with Gasteiger partial charge in [-0.2, -0.15) is 27.1 Å². The topological polar surface area (TPSA) is 55.4 Å². The smallest absolute Gasteiger partial charge is 0.358 e. The molecule has 148 valence electrons. The molecule has 0 spiro atoms. The third kappa shape index (κ3) is 28.4. The molecular weight excluding hydrogens is 521 g/mol. The first-order valence-corrected chi connectivity index (χ1v) is 9.65. The van der Waals surface area contributed by atoms with Crippen molar-refractivity contribution in [3.05, 3.63) is 14.9 Å². The van der Waals surface area contributed by atoms with Crippen molar-refractivity contribution < 1.29 is 48.2 Å². The Morgan fingerprint density at radius 1 is 0.435 bits per heavy atom. The molecule has 0 bridgehead atoms. The SMILES string of the molecule is CCO[PH+](OCC)OCC.CCO[PH+](OCC)OCC.[CH3-].[CH3-].[Pt+2]. The van der Waals surface area contributed by atoms with Gasteiger partial charge in [0.15, 0.2) is 0 Å². The van der Waals surface area contributed by atoms with Crippen LogP contribution in [0.1, 0.15) is 41.5 Å². The zero-order chi connectivity index (χ0) is 15.6. The van der Waals surface area contributed by atoms with Gasteiger partial charge >= 0.3 is 38.3 Å². The van der Waals surface area contributed by atoms with Crippen molar-refractivity contribution in [1.82, 2.24) is 0 Å². The number of hydrogen-bond donors (Lipinski definition) is 0. The van der Waals surface area contributed by atoms with Gasteiger partial charge in [0, 0.05) is 0 Å². The molecule has 0 atom stereocenters. The first-order chi connectivity index (χ1) is 9.69. The standard InChI is InChI=1S/2C6H16O3P.2CH3.Pt/c2*1-4-7-10(8-5-2)9-6-3;;;/h2*10H,4-6H2,1-3H3;2*1H3;/q2*+1;2*-1;+2. The van der Waals surface area contributed by atoms with Crippen LogP contribution in [0.15, 0.2) is 0 Å². The van der Waals surface area contributed by atoms with Gasteiger partial charge in [0.1, 0.15) is 0 Å². The van der Waals surface area contributed by atoms with Gasteiger partial charge in [0.25, 0.3) is 0 Å². The van der Waals surface area contributed by atoms with Crippen LogP contribution >= 0.6 is 17.2 Å². The van der Waals surface area contributed by atoms with Gasteiger partial charge in [-0.05, 0) is 41.5 Å². The summed E-state index contributed by atoms with van der Waals surface area (Å²) < 4.78 is 31.1. The van der Waals surface area contributed by atoms with Gasteiger partial charge < -0.3 is 14.9 Å². The second-order valence-corrected chi connectivity index (χ2v) is 5.83. The first kappa shape index (κ1) is 35.4. The fourth-order valence-electron chi connectivity index (χ4n) is 0.957. The summed E-state index contributed by atoms with van der Waals surface area (Å²) >= 11 is 0. The van der Waals surface area contributed by atoms with Crippen LogP contribution in [0.3, 0.4) is 0 Å². The Bertz CT molecular complexity index is 137. The van der Waals surface area contributed by atoms with Gasteiger partial charge in [0.2, 0.25) is 0 Å². The van der Waals surface area contributed by atoms with E-state index in [1.54, 1.807) is 0 Å². The summed E-state index contributed by atoms with van der Waals surface area (Å²) in [6, 6.07) is 0. The van der Waals surface area contributed by atoms with Crippen LogP contribution < -0.4 is 0 Å². The van der Waals surface area contributed by atoms with Crippen molar-refractivity contribution in [2.45, 2.75) is 41.5 Å². The first-order valence-electron chi connectivity index (χ1n) is 7.20. The summed E-state index contributed by atoms with van der Waals surface area (Å²) in [5, 5.41) is 0. The maximum absolute atomic E-state index is 5.18. The fraction of sp³-hybridized carbons (Fsp3) is 0.857. The molecule has 0 aliphatic rings. The number of hydrogen-bond acceptors (Lipinski definition) is 6. The van der Waals surface area contributed by atoms with Crippen molar-refractivity contribution in [2.24, 2.45) is 0 Å². The summed E-state index contributed by atoms with van der Waals surface area (Å²) in [6.07, 6.45) is 0. The summed E-state index contributed by atoms with van der Waals surface area (Å²) in [5.41, 5.74) is 0. The molecule has 9 heteroatoms. The van der Waals surface area contributed by atoms with E-state index in [-0.39, 0.29) is 35.9 Å². The Morgan fingerprint density at radius 2 is 0.565 bits per heavy atom. The second-order valence-electron chi connectivity index (χ2n) is 3.10. The summed E-state index contributed by atoms with van der Waals surface area (Å²) in [4.78, 5) is 0. The van der Waals surface area contributed by atoms with Crippen molar-refractivity contribution in [2.75, 3.05) is 39.6 Å². The van der Waals surface area contributed by atoms with Crippen LogP contribution in [0.5, 0.6) is 0 Å². The Kier molecular flexibility index (Phi) is 47.9. The maximum Gasteiger partial charge on any atom is 2.00 e. The van der Waals surface area contributed by atoms with E-state index in [2.05, 4.69) is 0 Å². The van der Waals surface area contributed by atoms with Gasteiger partial charge in [-0.15, -0.1) is 0 Å². The van der Waals surface area contributed by atoms with E-state index in [0.29, 0.717) is 39.6 Å². The van der Waals surface area contributed by atoms with E-state index in [4.69, 9.17) is 27.1 Å². The molecule has 23 heavy (non-hydrogen) atoms. The third-order valence-corrected chi connectivity index (χ3v) is 4.72. The predicted octanol–water partition coefficient (Wildman–Crippen LogP) is 5.01. The zero-order valence-corrected chi connectivity index (χ0v) is 20.3. The van der Waals surface area contributed by atoms with Crippen molar-refractivity contribution in [3.63, 3.8) is 0 Å². The monoisotopic (exact) mass is 559 g/mol. The van der Waals surface area contributed by atoms with E-state index < -0.39 is 17.2 Å². The van der Waals surface area contributed by atoms with Gasteiger partial charge in [-0.3, -0.25) is 0 Å². The van der Waals surface area contributed by atoms with E-state index in [0.717, 1.165) is 0 Å². The minimum Gasteiger partial charge on any atom is -0.358 e. The molecular formula is C14H38O6P2Pt+2. The summed E-state index contributed by atoms with van der Waals surface area (Å²) in [5.74, 6) is 0. The van der Waals surface area contributed by atoms with Gasteiger partial charge in [-0.1, -0.05) is 0 Å². The van der Waals surface area contributed by atoms with Crippen LogP contribution in [0, 0.1) is 14.9 Å². The van der Waals surface area contributed by atoms with Gasteiger partial charge in [-0.25, -0.2) is 0 Å². The van der Waals surface area contributed by atoms with Crippen LogP contribution in [0.2, 0.25) is 0 Å². The molecule has 0 aliphatic carbocycles. The predicted molar refractivity (Wildman–Crippen MR) is 99.2 cm³/mol. The van der Waals surface area contributed by atoms with Crippen LogP contribution in [0.4, 0.5) is 0 Å². The van der Waals surface area contributed by atoms with Gasteiger partial charge in [0.05, 0.1) is 39.6 Å². The molecule has 0 heterocycles. The number of rotatable bonds is 12. The molecule has 0 aromatic carbocycles. The Labute approximate surface area is 161 Å². The fourth-order valence-corrected chi connectivity index (χ4v) is 2.87. The molecule has 0 radical (unpaired) electrons. The molecule has 0 aliphatic heterocycles. The molecule has 0 N–H and O–H groups in total. The molecule has 0 amide bonds. The Balaban J connectivity index is -0.0000000831. The van der Waals surface area contributed by atoms with Crippen LogP contribution in [0.25, 0.3) is 0 Å². The van der Waals surface area contributed by atoms with E-state index in [9.17, 15) is 0 Å². The third-order valence-electron chi connectivity index (χ3n) is 1.57. The molecule has 0 rings (SSSR count). The summed E-state index contributed by atoms with van der Waals surface area (Å²) in [7, 11) is -2.79. The molecule has 0 unspecified atom stereocenters. The Morgan fingerprint density at radius 3 is 0.652 bits per heavy atom. The quantitative estimate of drug-likeness (QED) is 0.248. The maximum atomic E-state index is 5.18. The second kappa shape index (κ2) is 31.1. The molecule has 0 aromatic heterocycles. The van der Waals surface area contributed by atoms with Crippen molar-refractivity contribution in [3.8, 4) is 0 Å². The average molecular weight is 559 g/mol. The largest absolute Gasteiger partial charge is 2.00 e. The zero-order valence-electron chi connectivity index (χ0n) is 16.0. The van der Waals surface area contributed by atoms with Crippen molar-refractivity contribution in [1.29, 1.82) is 0 Å². The minimum absolute atomic E-state index is 0. The minimum atomic E-state index is -1.40. The normalized spacial score (nSPS) is 9.39. The van der Waals surface area contributed by atoms with E-state index in [1.165, 1.54) is 0 Å². The molecule has 0 aromatic rings. The van der Waals surface area contributed by atoms with E-state index in [1.807, 2.05) is 41.5 Å². The Hall–Kier alpha value is 1.31. The van der Waals surface area contributed by atoms with Crippen molar-refractivity contribution >= 4 is 17.2 Å². The molecule has 0 saturated heterocycles. The summed E-state index contributed by atoms with van der Waals surface area (Å²) in [6.45, 7) is 15.6. The molecule has 0 fully saturated rings. The van der Waals surface area contributed by atoms with Crippen LogP contribution in [-0.4, -0.2) is 39.6 Å².